The molecule has 0 saturated carbocycles. The Bertz CT molecular complexity index is 1760. The van der Waals surface area contributed by atoms with Crippen molar-refractivity contribution in [3.63, 3.8) is 0 Å². The molecule has 45 heavy (non-hydrogen) atoms. The van der Waals surface area contributed by atoms with Gasteiger partial charge in [0.2, 0.25) is 10.0 Å². The molecule has 2 atom stereocenters. The Kier molecular flexibility index (Phi) is 8.08. The summed E-state index contributed by atoms with van der Waals surface area (Å²) in [5, 5.41) is 3.69. The van der Waals surface area contributed by atoms with E-state index in [0.717, 1.165) is 81.6 Å². The fraction of sp³-hybridized carbons (Fsp3) is 0.486. The third-order valence-corrected chi connectivity index (χ3v) is 12.8. The molecule has 0 amide bonds. The van der Waals surface area contributed by atoms with Gasteiger partial charge in [-0.25, -0.2) is 13.4 Å². The maximum Gasteiger partial charge on any atom is 0.244 e. The highest BCUT2D eigenvalue weighted by molar-refractivity contribution is 7.89. The zero-order valence-corrected chi connectivity index (χ0v) is 27.4. The number of benzene rings is 2. The van der Waals surface area contributed by atoms with Gasteiger partial charge in [0.15, 0.2) is 0 Å². The van der Waals surface area contributed by atoms with E-state index in [0.29, 0.717) is 34.2 Å². The van der Waals surface area contributed by atoms with Crippen LogP contribution in [0.25, 0.3) is 11.0 Å². The Balaban J connectivity index is 1.21. The molecule has 238 valence electrons. The average Bonchev–Trinajstić information content (AvgIpc) is 3.50. The Morgan fingerprint density at radius 3 is 2.47 bits per heavy atom. The molecule has 2 aromatic heterocycles. The van der Waals surface area contributed by atoms with Crippen molar-refractivity contribution in [2.24, 2.45) is 5.41 Å². The van der Waals surface area contributed by atoms with E-state index in [9.17, 15) is 8.42 Å². The number of aromatic amines is 1. The van der Waals surface area contributed by atoms with E-state index in [4.69, 9.17) is 9.72 Å². The highest BCUT2D eigenvalue weighted by Gasteiger charge is 2.45. The molecule has 4 aromatic rings. The van der Waals surface area contributed by atoms with Gasteiger partial charge in [-0.05, 0) is 105 Å². The fourth-order valence-electron chi connectivity index (χ4n) is 8.31. The molecule has 3 aliphatic heterocycles. The van der Waals surface area contributed by atoms with E-state index in [1.54, 1.807) is 11.4 Å². The van der Waals surface area contributed by atoms with Crippen LogP contribution in [-0.2, 0) is 10.0 Å². The lowest BCUT2D eigenvalue weighted by atomic mass is 9.62. The van der Waals surface area contributed by atoms with Gasteiger partial charge in [0.25, 0.3) is 0 Å². The zero-order valence-electron chi connectivity index (χ0n) is 26.6. The number of ether oxygens (including phenoxy) is 1. The Hall–Kier alpha value is -3.47. The number of rotatable bonds is 6. The first-order valence-corrected chi connectivity index (χ1v) is 17.8. The van der Waals surface area contributed by atoms with Gasteiger partial charge in [0.1, 0.15) is 11.6 Å². The predicted molar refractivity (Wildman–Crippen MR) is 177 cm³/mol. The van der Waals surface area contributed by atoms with Crippen LogP contribution in [0.1, 0.15) is 73.0 Å². The van der Waals surface area contributed by atoms with Crippen LogP contribution in [0, 0.1) is 19.3 Å². The number of nitrogens with one attached hydrogen (secondary N) is 2. The van der Waals surface area contributed by atoms with Crippen molar-refractivity contribution < 1.29 is 13.2 Å². The van der Waals surface area contributed by atoms with Crippen molar-refractivity contribution >= 4 is 26.7 Å². The normalized spacial score (nSPS) is 22.6. The molecule has 3 fully saturated rings. The summed E-state index contributed by atoms with van der Waals surface area (Å²) >= 11 is 0. The molecule has 2 aromatic carbocycles. The van der Waals surface area contributed by atoms with Crippen molar-refractivity contribution in [2.45, 2.75) is 69.2 Å². The molecule has 3 aliphatic rings. The number of imidazole rings is 1. The van der Waals surface area contributed by atoms with Crippen LogP contribution in [0.3, 0.4) is 0 Å². The molecule has 1 spiro atoms. The van der Waals surface area contributed by atoms with Gasteiger partial charge in [-0.1, -0.05) is 18.6 Å². The van der Waals surface area contributed by atoms with E-state index >= 15 is 0 Å². The summed E-state index contributed by atoms with van der Waals surface area (Å²) in [5.41, 5.74) is 6.09. The number of methoxy groups -OCH3 is 1. The lowest BCUT2D eigenvalue weighted by Gasteiger charge is -2.50. The van der Waals surface area contributed by atoms with E-state index < -0.39 is 10.0 Å². The fourth-order valence-corrected chi connectivity index (χ4v) is 10.4. The number of para-hydroxylation sites is 1. The van der Waals surface area contributed by atoms with E-state index in [1.165, 1.54) is 11.3 Å². The Labute approximate surface area is 266 Å². The quantitative estimate of drug-likeness (QED) is 0.276. The average molecular weight is 629 g/mol. The van der Waals surface area contributed by atoms with Gasteiger partial charge in [0, 0.05) is 50.2 Å². The van der Waals surface area contributed by atoms with Gasteiger partial charge in [-0.15, -0.1) is 0 Å². The first-order chi connectivity index (χ1) is 21.8. The molecule has 10 heteroatoms. The number of pyridine rings is 1. The monoisotopic (exact) mass is 628 g/mol. The van der Waals surface area contributed by atoms with Gasteiger partial charge < -0.3 is 19.9 Å². The number of hydrogen-bond donors (Lipinski definition) is 2. The second-order valence-electron chi connectivity index (χ2n) is 13.1. The molecule has 0 aliphatic carbocycles. The maximum absolute atomic E-state index is 14.3. The first kappa shape index (κ1) is 30.2. The molecule has 5 heterocycles. The summed E-state index contributed by atoms with van der Waals surface area (Å²) in [6.07, 6.45) is 9.69. The van der Waals surface area contributed by atoms with E-state index in [1.807, 2.05) is 38.4 Å². The number of anilines is 1. The lowest BCUT2D eigenvalue weighted by Crippen LogP contribution is -2.50. The van der Waals surface area contributed by atoms with Crippen LogP contribution >= 0.6 is 0 Å². The number of piperidine rings is 3. The van der Waals surface area contributed by atoms with Crippen LogP contribution in [0.4, 0.5) is 5.69 Å². The van der Waals surface area contributed by atoms with Crippen LogP contribution in [0.5, 0.6) is 5.75 Å². The number of H-pyrrole nitrogens is 1. The van der Waals surface area contributed by atoms with Crippen LogP contribution in [0.15, 0.2) is 59.8 Å². The second-order valence-corrected chi connectivity index (χ2v) is 15.0. The second kappa shape index (κ2) is 12.0. The van der Waals surface area contributed by atoms with Crippen molar-refractivity contribution in [1.29, 1.82) is 0 Å². The standard InChI is InChI=1S/C35H44N6O3S/c1-24-21-27(44-3)22-25(2)33(24)45(42,43)41-18-5-4-9-31(41)34-38-30-8-6-7-28(32(30)39-34)29-23-37-17-12-35(29)13-19-40(20-14-35)26-10-15-36-16-11-26/h6-8,10-11,15-16,21-22,29,31,37H,4-5,9,12-14,17-20,23H2,1-3H3,(H,38,39). The number of fused-ring (bicyclic) bond motifs is 1. The SMILES string of the molecule is COc1cc(C)c(S(=O)(=O)N2CCCCC2c2nc3c(C4CNCCC45CCN(c4ccncc4)CC5)cccc3[nH]2)c(C)c1. The minimum atomic E-state index is -3.76. The summed E-state index contributed by atoms with van der Waals surface area (Å²) in [5.74, 6) is 1.75. The van der Waals surface area contributed by atoms with Gasteiger partial charge in [-0.2, -0.15) is 4.31 Å². The molecule has 2 N–H and O–H groups in total. The number of aryl methyl sites for hydroxylation is 2. The van der Waals surface area contributed by atoms with Crippen molar-refractivity contribution in [3.05, 3.63) is 77.4 Å². The molecule has 7 rings (SSSR count). The number of nitrogens with zero attached hydrogens (tertiary/aromatic N) is 4. The summed E-state index contributed by atoms with van der Waals surface area (Å²) in [6, 6.07) is 14.0. The molecule has 3 saturated heterocycles. The van der Waals surface area contributed by atoms with Crippen LogP contribution in [0.2, 0.25) is 0 Å². The number of aromatic nitrogens is 3. The van der Waals surface area contributed by atoms with Gasteiger partial charge in [-0.3, -0.25) is 4.98 Å². The maximum atomic E-state index is 14.3. The zero-order chi connectivity index (χ0) is 31.2. The topological polar surface area (TPSA) is 103 Å². The molecule has 0 bridgehead atoms. The third kappa shape index (κ3) is 5.40. The lowest BCUT2D eigenvalue weighted by molar-refractivity contribution is 0.122. The summed E-state index contributed by atoms with van der Waals surface area (Å²) in [6.45, 7) is 8.20. The minimum Gasteiger partial charge on any atom is -0.497 e. The van der Waals surface area contributed by atoms with Crippen LogP contribution < -0.4 is 15.0 Å². The van der Waals surface area contributed by atoms with E-state index in [2.05, 4.69) is 50.5 Å². The molecule has 2 unspecified atom stereocenters. The van der Waals surface area contributed by atoms with Crippen molar-refractivity contribution in [2.75, 3.05) is 44.7 Å². The van der Waals surface area contributed by atoms with Gasteiger partial charge >= 0.3 is 0 Å². The Morgan fingerprint density at radius 1 is 0.978 bits per heavy atom. The van der Waals surface area contributed by atoms with E-state index in [-0.39, 0.29) is 11.5 Å². The van der Waals surface area contributed by atoms with Gasteiger partial charge in [0.05, 0.1) is 29.1 Å². The summed E-state index contributed by atoms with van der Waals surface area (Å²) in [7, 11) is -2.16. The highest BCUT2D eigenvalue weighted by atomic mass is 32.2. The smallest absolute Gasteiger partial charge is 0.244 e. The number of sulfonamides is 1. The third-order valence-electron chi connectivity index (χ3n) is 10.6. The van der Waals surface area contributed by atoms with Crippen molar-refractivity contribution in [3.8, 4) is 5.75 Å². The minimum absolute atomic E-state index is 0.200. The van der Waals surface area contributed by atoms with Crippen molar-refractivity contribution in [1.82, 2.24) is 24.6 Å². The molecule has 9 nitrogen and oxygen atoms in total. The molecule has 0 radical (unpaired) electrons. The van der Waals surface area contributed by atoms with Crippen LogP contribution in [-0.4, -0.2) is 67.5 Å². The number of hydrogen-bond acceptors (Lipinski definition) is 7. The predicted octanol–water partition coefficient (Wildman–Crippen LogP) is 5.86. The largest absolute Gasteiger partial charge is 0.497 e. The molecular formula is C35H44N6O3S. The first-order valence-electron chi connectivity index (χ1n) is 16.3. The summed E-state index contributed by atoms with van der Waals surface area (Å²) < 4.78 is 35.7. The molecular weight excluding hydrogens is 584 g/mol. The highest BCUT2D eigenvalue weighted by Crippen LogP contribution is 2.50. The summed E-state index contributed by atoms with van der Waals surface area (Å²) in [4.78, 5) is 15.9. The Morgan fingerprint density at radius 2 is 1.73 bits per heavy atom.